The Balaban J connectivity index is 2.31. The van der Waals surface area contributed by atoms with Crippen LogP contribution in [0.2, 0.25) is 0 Å². The fourth-order valence-corrected chi connectivity index (χ4v) is 3.86. The van der Waals surface area contributed by atoms with Crippen LogP contribution in [-0.4, -0.2) is 15.5 Å². The quantitative estimate of drug-likeness (QED) is 0.853. The Hall–Kier alpha value is -1.37. The largest absolute Gasteiger partial charge is 0.495 e. The molecule has 2 aromatic rings. The van der Waals surface area contributed by atoms with E-state index in [4.69, 9.17) is 4.74 Å². The van der Waals surface area contributed by atoms with Gasteiger partial charge in [0.25, 0.3) is 0 Å². The van der Waals surface area contributed by atoms with Gasteiger partial charge in [-0.1, -0.05) is 34.1 Å². The van der Waals surface area contributed by atoms with Gasteiger partial charge in [0.05, 0.1) is 7.11 Å². The maximum Gasteiger partial charge on any atom is 0.244 e. The lowest BCUT2D eigenvalue weighted by Gasteiger charge is -2.16. The standard InChI is InChI=1S/C16H18BrNO3S/c1-11-4-9-15(21-3)16(10-11)22(19,20)18-12(2)13-5-7-14(17)8-6-13/h4-10,12,18H,1-3H3/t12-/m1/s1. The smallest absolute Gasteiger partial charge is 0.244 e. The Labute approximate surface area is 139 Å². The Kier molecular flexibility index (Phi) is 5.26. The number of nitrogens with one attached hydrogen (secondary N) is 1. The van der Waals surface area contributed by atoms with Crippen LogP contribution in [-0.2, 0) is 10.0 Å². The molecule has 2 aromatic carbocycles. The van der Waals surface area contributed by atoms with Crippen molar-refractivity contribution in [3.63, 3.8) is 0 Å². The first-order valence-electron chi connectivity index (χ1n) is 6.76. The summed E-state index contributed by atoms with van der Waals surface area (Å²) in [5.74, 6) is 0.334. The van der Waals surface area contributed by atoms with Crippen molar-refractivity contribution in [2.24, 2.45) is 0 Å². The molecule has 0 aliphatic heterocycles. The van der Waals surface area contributed by atoms with Crippen molar-refractivity contribution in [1.82, 2.24) is 4.72 Å². The van der Waals surface area contributed by atoms with Crippen LogP contribution in [0.5, 0.6) is 5.75 Å². The molecule has 0 spiro atoms. The summed E-state index contributed by atoms with van der Waals surface area (Å²) in [6.07, 6.45) is 0. The van der Waals surface area contributed by atoms with Crippen LogP contribution in [0, 0.1) is 6.92 Å². The van der Waals surface area contributed by atoms with Gasteiger partial charge in [0, 0.05) is 10.5 Å². The lowest BCUT2D eigenvalue weighted by molar-refractivity contribution is 0.402. The average Bonchev–Trinajstić information content (AvgIpc) is 2.47. The van der Waals surface area contributed by atoms with Crippen LogP contribution >= 0.6 is 15.9 Å². The van der Waals surface area contributed by atoms with Gasteiger partial charge in [0.1, 0.15) is 10.6 Å². The first-order chi connectivity index (χ1) is 10.3. The minimum absolute atomic E-state index is 0.152. The summed E-state index contributed by atoms with van der Waals surface area (Å²) < 4.78 is 34.0. The van der Waals surface area contributed by atoms with Gasteiger partial charge in [-0.3, -0.25) is 0 Å². The minimum Gasteiger partial charge on any atom is -0.495 e. The molecule has 0 aromatic heterocycles. The summed E-state index contributed by atoms with van der Waals surface area (Å²) in [5, 5.41) is 0. The highest BCUT2D eigenvalue weighted by atomic mass is 79.9. The Morgan fingerprint density at radius 2 is 1.77 bits per heavy atom. The van der Waals surface area contributed by atoms with E-state index in [0.717, 1.165) is 15.6 Å². The summed E-state index contributed by atoms with van der Waals surface area (Å²) in [5.41, 5.74) is 1.75. The minimum atomic E-state index is -3.67. The van der Waals surface area contributed by atoms with Crippen LogP contribution in [0.4, 0.5) is 0 Å². The van der Waals surface area contributed by atoms with E-state index in [0.29, 0.717) is 5.75 Å². The molecule has 0 amide bonds. The molecule has 0 fully saturated rings. The number of hydrogen-bond acceptors (Lipinski definition) is 3. The molecule has 4 nitrogen and oxygen atoms in total. The van der Waals surface area contributed by atoms with Crippen molar-refractivity contribution >= 4 is 26.0 Å². The highest BCUT2D eigenvalue weighted by Gasteiger charge is 2.22. The van der Waals surface area contributed by atoms with Crippen molar-refractivity contribution in [2.45, 2.75) is 24.8 Å². The molecule has 0 aliphatic rings. The van der Waals surface area contributed by atoms with Crippen LogP contribution < -0.4 is 9.46 Å². The normalized spacial score (nSPS) is 12.9. The number of halogens is 1. The monoisotopic (exact) mass is 383 g/mol. The highest BCUT2D eigenvalue weighted by molar-refractivity contribution is 9.10. The zero-order valence-electron chi connectivity index (χ0n) is 12.6. The van der Waals surface area contributed by atoms with Gasteiger partial charge in [0.15, 0.2) is 0 Å². The van der Waals surface area contributed by atoms with Crippen molar-refractivity contribution in [1.29, 1.82) is 0 Å². The molecular weight excluding hydrogens is 366 g/mol. The van der Waals surface area contributed by atoms with Gasteiger partial charge >= 0.3 is 0 Å². The molecule has 0 aliphatic carbocycles. The van der Waals surface area contributed by atoms with Crippen LogP contribution in [0.1, 0.15) is 24.1 Å². The molecule has 0 bridgehead atoms. The Morgan fingerprint density at radius 3 is 2.36 bits per heavy atom. The van der Waals surface area contributed by atoms with Gasteiger partial charge < -0.3 is 4.74 Å². The third-order valence-corrected chi connectivity index (χ3v) is 5.40. The number of methoxy groups -OCH3 is 1. The molecule has 1 N–H and O–H groups in total. The van der Waals surface area contributed by atoms with Crippen molar-refractivity contribution in [3.05, 3.63) is 58.1 Å². The average molecular weight is 384 g/mol. The van der Waals surface area contributed by atoms with Crippen molar-refractivity contribution in [3.8, 4) is 5.75 Å². The second-order valence-electron chi connectivity index (χ2n) is 5.05. The van der Waals surface area contributed by atoms with Crippen LogP contribution in [0.15, 0.2) is 51.8 Å². The van der Waals surface area contributed by atoms with Crippen molar-refractivity contribution in [2.75, 3.05) is 7.11 Å². The summed E-state index contributed by atoms with van der Waals surface area (Å²) in [6.45, 7) is 3.65. The van der Waals surface area contributed by atoms with Gasteiger partial charge in [-0.2, -0.15) is 0 Å². The summed E-state index contributed by atoms with van der Waals surface area (Å²) in [7, 11) is -2.21. The summed E-state index contributed by atoms with van der Waals surface area (Å²) in [6, 6.07) is 12.3. The molecule has 2 rings (SSSR count). The van der Waals surface area contributed by atoms with E-state index in [1.54, 1.807) is 12.1 Å². The SMILES string of the molecule is COc1ccc(C)cc1S(=O)(=O)N[C@H](C)c1ccc(Br)cc1. The number of rotatable bonds is 5. The van der Waals surface area contributed by atoms with Gasteiger partial charge in [-0.25, -0.2) is 13.1 Å². The third-order valence-electron chi connectivity index (χ3n) is 3.31. The van der Waals surface area contributed by atoms with E-state index in [1.807, 2.05) is 44.2 Å². The predicted molar refractivity (Wildman–Crippen MR) is 90.6 cm³/mol. The lowest BCUT2D eigenvalue weighted by atomic mass is 10.1. The predicted octanol–water partition coefficient (Wildman–Crippen LogP) is 3.81. The third kappa shape index (κ3) is 3.88. The van der Waals surface area contributed by atoms with E-state index in [-0.39, 0.29) is 10.9 Å². The molecule has 0 heterocycles. The lowest BCUT2D eigenvalue weighted by Crippen LogP contribution is -2.27. The maximum atomic E-state index is 12.6. The molecule has 0 saturated carbocycles. The second kappa shape index (κ2) is 6.81. The fourth-order valence-electron chi connectivity index (χ4n) is 2.11. The first-order valence-corrected chi connectivity index (χ1v) is 9.03. The van der Waals surface area contributed by atoms with Crippen LogP contribution in [0.25, 0.3) is 0 Å². The molecular formula is C16H18BrNO3S. The Morgan fingerprint density at radius 1 is 1.14 bits per heavy atom. The second-order valence-corrected chi connectivity index (χ2v) is 7.65. The molecule has 118 valence electrons. The number of benzene rings is 2. The molecule has 1 atom stereocenters. The van der Waals surface area contributed by atoms with Crippen molar-refractivity contribution < 1.29 is 13.2 Å². The molecule has 0 radical (unpaired) electrons. The van der Waals surface area contributed by atoms with E-state index < -0.39 is 10.0 Å². The summed E-state index contributed by atoms with van der Waals surface area (Å²) in [4.78, 5) is 0.152. The summed E-state index contributed by atoms with van der Waals surface area (Å²) >= 11 is 3.36. The van der Waals surface area contributed by atoms with E-state index in [9.17, 15) is 8.42 Å². The maximum absolute atomic E-state index is 12.6. The highest BCUT2D eigenvalue weighted by Crippen LogP contribution is 2.26. The first kappa shape index (κ1) is 17.0. The number of aryl methyl sites for hydroxylation is 1. The fraction of sp³-hybridized carbons (Fsp3) is 0.250. The van der Waals surface area contributed by atoms with Gasteiger partial charge in [0.2, 0.25) is 10.0 Å². The van der Waals surface area contributed by atoms with Gasteiger partial charge in [-0.05, 0) is 49.2 Å². The number of hydrogen-bond donors (Lipinski definition) is 1. The van der Waals surface area contributed by atoms with Crippen LogP contribution in [0.3, 0.4) is 0 Å². The number of ether oxygens (including phenoxy) is 1. The topological polar surface area (TPSA) is 55.4 Å². The zero-order valence-corrected chi connectivity index (χ0v) is 15.0. The molecule has 6 heteroatoms. The van der Waals surface area contributed by atoms with E-state index >= 15 is 0 Å². The molecule has 0 unspecified atom stereocenters. The molecule has 22 heavy (non-hydrogen) atoms. The van der Waals surface area contributed by atoms with Gasteiger partial charge in [-0.15, -0.1) is 0 Å². The number of sulfonamides is 1. The Bertz CT molecular complexity index is 757. The van der Waals surface area contributed by atoms with E-state index in [1.165, 1.54) is 7.11 Å². The van der Waals surface area contributed by atoms with E-state index in [2.05, 4.69) is 20.7 Å². The zero-order chi connectivity index (χ0) is 16.3. The molecule has 0 saturated heterocycles.